The van der Waals surface area contributed by atoms with Crippen LogP contribution in [0.5, 0.6) is 0 Å². The van der Waals surface area contributed by atoms with Gasteiger partial charge in [0.1, 0.15) is 11.6 Å². The number of aryl methyl sites for hydroxylation is 1. The lowest BCUT2D eigenvalue weighted by molar-refractivity contribution is -0.120. The van der Waals surface area contributed by atoms with Gasteiger partial charge in [0.15, 0.2) is 15.6 Å². The number of nitrogens with one attached hydrogen (secondary N) is 1. The van der Waals surface area contributed by atoms with Crippen LogP contribution in [0.25, 0.3) is 0 Å². The number of alkyl carbamates (subject to hydrolysis) is 1. The van der Waals surface area contributed by atoms with Crippen LogP contribution in [-0.2, 0) is 32.3 Å². The fraction of sp³-hybridized carbons (Fsp3) is 0.344. The van der Waals surface area contributed by atoms with Crippen molar-refractivity contribution in [3.63, 3.8) is 0 Å². The second-order valence-corrected chi connectivity index (χ2v) is 14.1. The Bertz CT molecular complexity index is 1620. The molecule has 3 aromatic rings. The van der Waals surface area contributed by atoms with E-state index in [1.165, 1.54) is 17.0 Å². The van der Waals surface area contributed by atoms with Gasteiger partial charge in [-0.05, 0) is 62.6 Å². The summed E-state index contributed by atoms with van der Waals surface area (Å²) >= 11 is 6.07. The minimum atomic E-state index is -4.13. The zero-order chi connectivity index (χ0) is 31.5. The highest BCUT2D eigenvalue weighted by Gasteiger charge is 2.40. The van der Waals surface area contributed by atoms with E-state index in [9.17, 15) is 22.8 Å². The number of anilines is 2. The fourth-order valence-corrected chi connectivity index (χ4v) is 6.57. The maximum atomic E-state index is 14.0. The average Bonchev–Trinajstić information content (AvgIpc) is 3.00. The van der Waals surface area contributed by atoms with Gasteiger partial charge in [-0.3, -0.25) is 9.59 Å². The van der Waals surface area contributed by atoms with Crippen LogP contribution in [0.4, 0.5) is 16.2 Å². The number of ether oxygens (including phenoxy) is 1. The molecule has 11 heteroatoms. The summed E-state index contributed by atoms with van der Waals surface area (Å²) in [5, 5.41) is 2.96. The Balaban J connectivity index is 1.82. The third-order valence-corrected chi connectivity index (χ3v) is 8.89. The first-order chi connectivity index (χ1) is 20.1. The molecule has 0 aliphatic carbocycles. The molecule has 0 radical (unpaired) electrons. The predicted molar refractivity (Wildman–Crippen MR) is 168 cm³/mol. The number of nitrogens with zero attached hydrogens (tertiary/aromatic N) is 2. The standard InChI is InChI=1S/C32H36ClN3O6S/c1-32(2,3)42-31(39)34-25-20-43(40,41)29-18-26(35(4)5)24(28(37)16-13-21-9-7-6-8-10-21)17-27(29)36(30(25)38)19-22-11-14-23(33)15-12-22/h6-12,14-15,17-18,25H,13,16,19-20H2,1-5H3,(H,34,39)/t25-/m0/s1. The number of hydrogen-bond acceptors (Lipinski definition) is 7. The van der Waals surface area contributed by atoms with E-state index in [1.807, 2.05) is 30.3 Å². The Labute approximate surface area is 257 Å². The maximum absolute atomic E-state index is 14.0. The molecule has 1 heterocycles. The first kappa shape index (κ1) is 32.0. The van der Waals surface area contributed by atoms with Gasteiger partial charge in [0.2, 0.25) is 0 Å². The molecule has 0 spiro atoms. The van der Waals surface area contributed by atoms with Crippen LogP contribution in [0.1, 0.15) is 48.7 Å². The summed E-state index contributed by atoms with van der Waals surface area (Å²) in [5.41, 5.74) is 1.59. The lowest BCUT2D eigenvalue weighted by Crippen LogP contribution is -2.51. The minimum Gasteiger partial charge on any atom is -0.444 e. The number of benzene rings is 3. The number of halogens is 1. The minimum absolute atomic E-state index is 0.0238. The van der Waals surface area contributed by atoms with E-state index >= 15 is 0 Å². The summed E-state index contributed by atoms with van der Waals surface area (Å²) in [6.07, 6.45) is -0.231. The van der Waals surface area contributed by atoms with E-state index in [0.717, 1.165) is 5.56 Å². The van der Waals surface area contributed by atoms with E-state index in [4.69, 9.17) is 16.3 Å². The molecule has 0 aromatic heterocycles. The van der Waals surface area contributed by atoms with Crippen molar-refractivity contribution in [1.29, 1.82) is 0 Å². The third-order valence-electron chi connectivity index (χ3n) is 6.86. The summed E-state index contributed by atoms with van der Waals surface area (Å²) in [7, 11) is -0.678. The molecule has 0 saturated carbocycles. The van der Waals surface area contributed by atoms with E-state index in [0.29, 0.717) is 28.3 Å². The average molecular weight is 626 g/mol. The molecule has 1 aliphatic rings. The van der Waals surface area contributed by atoms with Crippen LogP contribution in [0.3, 0.4) is 0 Å². The number of ketones is 1. The van der Waals surface area contributed by atoms with E-state index < -0.39 is 39.2 Å². The Morgan fingerprint density at radius 3 is 2.28 bits per heavy atom. The monoisotopic (exact) mass is 625 g/mol. The largest absolute Gasteiger partial charge is 0.444 e. The predicted octanol–water partition coefficient (Wildman–Crippen LogP) is 5.44. The lowest BCUT2D eigenvalue weighted by Gasteiger charge is -2.28. The normalized spacial score (nSPS) is 16.2. The fourth-order valence-electron chi connectivity index (χ4n) is 4.82. The van der Waals surface area contributed by atoms with E-state index in [1.54, 1.807) is 64.0 Å². The molecular weight excluding hydrogens is 590 g/mol. The van der Waals surface area contributed by atoms with Gasteiger partial charge in [0.25, 0.3) is 5.91 Å². The quantitative estimate of drug-likeness (QED) is 0.332. The van der Waals surface area contributed by atoms with Crippen LogP contribution in [-0.4, -0.2) is 57.7 Å². The Kier molecular flexibility index (Phi) is 9.51. The zero-order valence-electron chi connectivity index (χ0n) is 24.9. The third kappa shape index (κ3) is 7.94. The molecule has 4 rings (SSSR count). The maximum Gasteiger partial charge on any atom is 0.408 e. The summed E-state index contributed by atoms with van der Waals surface area (Å²) in [6.45, 7) is 4.98. The van der Waals surface area contributed by atoms with Gasteiger partial charge in [0, 0.05) is 36.8 Å². The van der Waals surface area contributed by atoms with Gasteiger partial charge in [-0.25, -0.2) is 13.2 Å². The molecule has 228 valence electrons. The van der Waals surface area contributed by atoms with Gasteiger partial charge in [-0.2, -0.15) is 0 Å². The van der Waals surface area contributed by atoms with Crippen molar-refractivity contribution in [2.75, 3.05) is 29.6 Å². The second kappa shape index (κ2) is 12.8. The highest BCUT2D eigenvalue weighted by Crippen LogP contribution is 2.38. The highest BCUT2D eigenvalue weighted by molar-refractivity contribution is 7.91. The molecule has 0 fully saturated rings. The molecule has 1 aliphatic heterocycles. The van der Waals surface area contributed by atoms with Crippen LogP contribution >= 0.6 is 11.6 Å². The van der Waals surface area contributed by atoms with Crippen molar-refractivity contribution < 1.29 is 27.5 Å². The number of amides is 2. The molecular formula is C32H36ClN3O6S. The number of rotatable bonds is 8. The molecule has 1 atom stereocenters. The van der Waals surface area contributed by atoms with Gasteiger partial charge in [0.05, 0.1) is 22.9 Å². The van der Waals surface area contributed by atoms with Gasteiger partial charge in [-0.1, -0.05) is 54.1 Å². The Hall–Kier alpha value is -3.89. The molecule has 9 nitrogen and oxygen atoms in total. The van der Waals surface area contributed by atoms with Crippen molar-refractivity contribution >= 4 is 50.6 Å². The summed E-state index contributed by atoms with van der Waals surface area (Å²) in [6, 6.07) is 17.9. The van der Waals surface area contributed by atoms with Crippen molar-refractivity contribution in [2.24, 2.45) is 0 Å². The van der Waals surface area contributed by atoms with Gasteiger partial charge in [-0.15, -0.1) is 0 Å². The number of Topliss-reactive ketones (excluding diaryl/α,β-unsaturated/α-hetero) is 1. The molecule has 3 aromatic carbocycles. The Morgan fingerprint density at radius 1 is 1.02 bits per heavy atom. The number of sulfone groups is 1. The second-order valence-electron chi connectivity index (χ2n) is 11.7. The molecule has 0 saturated heterocycles. The highest BCUT2D eigenvalue weighted by atomic mass is 35.5. The first-order valence-electron chi connectivity index (χ1n) is 13.9. The topological polar surface area (TPSA) is 113 Å². The number of hydrogen-bond donors (Lipinski definition) is 1. The summed E-state index contributed by atoms with van der Waals surface area (Å²) in [4.78, 5) is 43.2. The molecule has 43 heavy (non-hydrogen) atoms. The molecule has 1 N–H and O–H groups in total. The smallest absolute Gasteiger partial charge is 0.408 e. The van der Waals surface area contributed by atoms with Crippen molar-refractivity contribution in [2.45, 2.75) is 56.7 Å². The number of carbonyl (C=O) groups is 3. The molecule has 2 amide bonds. The van der Waals surface area contributed by atoms with E-state index in [2.05, 4.69) is 5.32 Å². The molecule has 0 unspecified atom stereocenters. The SMILES string of the molecule is CN(C)c1cc2c(cc1C(=O)CCc1ccccc1)N(Cc1ccc(Cl)cc1)C(=O)[C@@H](NC(=O)OC(C)(C)C)CS2(=O)=O. The van der Waals surface area contributed by atoms with Gasteiger partial charge < -0.3 is 19.9 Å². The molecule has 0 bridgehead atoms. The van der Waals surface area contributed by atoms with Crippen LogP contribution < -0.4 is 15.1 Å². The van der Waals surface area contributed by atoms with Crippen molar-refractivity contribution in [3.8, 4) is 0 Å². The lowest BCUT2D eigenvalue weighted by atomic mass is 9.99. The van der Waals surface area contributed by atoms with Crippen LogP contribution in [0.2, 0.25) is 5.02 Å². The van der Waals surface area contributed by atoms with Crippen molar-refractivity contribution in [1.82, 2.24) is 5.32 Å². The number of carbonyl (C=O) groups excluding carboxylic acids is 3. The first-order valence-corrected chi connectivity index (χ1v) is 15.9. The van der Waals surface area contributed by atoms with Gasteiger partial charge >= 0.3 is 6.09 Å². The van der Waals surface area contributed by atoms with E-state index in [-0.39, 0.29) is 29.3 Å². The van der Waals surface area contributed by atoms with Crippen molar-refractivity contribution in [3.05, 3.63) is 88.4 Å². The van der Waals surface area contributed by atoms with Crippen LogP contribution in [0.15, 0.2) is 71.6 Å². The number of fused-ring (bicyclic) bond motifs is 1. The Morgan fingerprint density at radius 2 is 1.67 bits per heavy atom. The van der Waals surface area contributed by atoms with Crippen LogP contribution in [0, 0.1) is 0 Å². The summed E-state index contributed by atoms with van der Waals surface area (Å²) < 4.78 is 33.0. The zero-order valence-corrected chi connectivity index (χ0v) is 26.5. The summed E-state index contributed by atoms with van der Waals surface area (Å²) in [5.74, 6) is -1.52.